The van der Waals surface area contributed by atoms with E-state index in [0.29, 0.717) is 23.3 Å². The van der Waals surface area contributed by atoms with Gasteiger partial charge in [-0.05, 0) is 98.2 Å². The second-order valence-electron chi connectivity index (χ2n) is 11.7. The van der Waals surface area contributed by atoms with Crippen molar-refractivity contribution in [2.45, 2.75) is 77.9 Å². The predicted molar refractivity (Wildman–Crippen MR) is 130 cm³/mol. The number of aliphatic hydroxyl groups is 2. The number of amides is 1. The second-order valence-corrected chi connectivity index (χ2v) is 11.7. The van der Waals surface area contributed by atoms with Crippen LogP contribution in [-0.4, -0.2) is 28.3 Å². The van der Waals surface area contributed by atoms with Crippen molar-refractivity contribution in [3.8, 4) is 0 Å². The molecule has 33 heavy (non-hydrogen) atoms. The fourth-order valence-corrected chi connectivity index (χ4v) is 8.41. The summed E-state index contributed by atoms with van der Waals surface area (Å²) in [6.07, 6.45) is 10.9. The van der Waals surface area contributed by atoms with Crippen molar-refractivity contribution < 1.29 is 15.0 Å². The highest BCUT2D eigenvalue weighted by Gasteiger charge is 2.60. The Labute approximate surface area is 198 Å². The van der Waals surface area contributed by atoms with Crippen LogP contribution in [0.5, 0.6) is 0 Å². The van der Waals surface area contributed by atoms with Gasteiger partial charge in [0.1, 0.15) is 0 Å². The van der Waals surface area contributed by atoms with Gasteiger partial charge in [-0.25, -0.2) is 0 Å². The normalized spacial score (nSPS) is 42.0. The summed E-state index contributed by atoms with van der Waals surface area (Å²) in [5.74, 6) is 1.74. The molecule has 3 fully saturated rings. The molecular formula is C29H39NO3. The Bertz CT molecular complexity index is 966. The number of nitrogens with one attached hydrogen (secondary N) is 1. The fourth-order valence-electron chi connectivity index (χ4n) is 8.41. The first kappa shape index (κ1) is 22.9. The Morgan fingerprint density at radius 2 is 1.88 bits per heavy atom. The molecule has 3 saturated carbocycles. The second kappa shape index (κ2) is 8.39. The molecular weight excluding hydrogens is 410 g/mol. The van der Waals surface area contributed by atoms with E-state index in [-0.39, 0.29) is 28.8 Å². The van der Waals surface area contributed by atoms with E-state index in [1.54, 1.807) is 0 Å². The van der Waals surface area contributed by atoms with Crippen LogP contribution in [0.2, 0.25) is 0 Å². The third-order valence-electron chi connectivity index (χ3n) is 9.99. The van der Waals surface area contributed by atoms with Crippen molar-refractivity contribution in [1.29, 1.82) is 0 Å². The average molecular weight is 450 g/mol. The van der Waals surface area contributed by atoms with Gasteiger partial charge in [0.2, 0.25) is 0 Å². The molecule has 5 rings (SSSR count). The lowest BCUT2D eigenvalue weighted by Gasteiger charge is -2.58. The molecule has 4 heteroatoms. The summed E-state index contributed by atoms with van der Waals surface area (Å²) < 4.78 is 0. The monoisotopic (exact) mass is 449 g/mol. The molecule has 0 saturated heterocycles. The number of rotatable bonds is 3. The quantitative estimate of drug-likeness (QED) is 0.554. The minimum Gasteiger partial charge on any atom is -0.393 e. The first-order valence-electron chi connectivity index (χ1n) is 12.8. The van der Waals surface area contributed by atoms with Gasteiger partial charge in [0.05, 0.1) is 12.2 Å². The molecule has 0 spiro atoms. The molecule has 4 aliphatic rings. The van der Waals surface area contributed by atoms with E-state index < -0.39 is 6.10 Å². The van der Waals surface area contributed by atoms with Crippen molar-refractivity contribution in [3.63, 3.8) is 0 Å². The zero-order valence-corrected chi connectivity index (χ0v) is 20.3. The summed E-state index contributed by atoms with van der Waals surface area (Å²) in [5.41, 5.74) is 3.59. The van der Waals surface area contributed by atoms with Crippen LogP contribution < -0.4 is 5.32 Å². The Hall–Kier alpha value is -1.91. The summed E-state index contributed by atoms with van der Waals surface area (Å²) in [4.78, 5) is 12.7. The van der Waals surface area contributed by atoms with Crippen molar-refractivity contribution in [2.24, 2.45) is 34.5 Å². The molecule has 178 valence electrons. The number of fused-ring (bicyclic) bond motifs is 5. The number of hydrogen-bond acceptors (Lipinski definition) is 3. The number of benzene rings is 1. The van der Waals surface area contributed by atoms with Crippen molar-refractivity contribution in [2.75, 3.05) is 0 Å². The van der Waals surface area contributed by atoms with Crippen molar-refractivity contribution in [1.82, 2.24) is 5.32 Å². The standard InChI is InChI=1S/C29H39NO3/c1-18(31)26-20(17-30-27(33)19-7-5-4-6-8-19)15-25-23-10-9-21-16-22(32)11-13-28(21,2)24(23)12-14-29(25,26)3/h4-9,17-18,22-26,31-32H,10-16H2,1-3H3,(H,30,33)/b20-17-/t18?,22?,23-,24+,25+,26+,28+,29+/m1/s1. The molecule has 4 aliphatic carbocycles. The molecule has 1 aromatic rings. The third-order valence-corrected chi connectivity index (χ3v) is 9.99. The molecule has 1 amide bonds. The minimum absolute atomic E-state index is 0.0501. The minimum atomic E-state index is -0.438. The van der Waals surface area contributed by atoms with Gasteiger partial charge in [0.15, 0.2) is 0 Å². The molecule has 0 aliphatic heterocycles. The lowest BCUT2D eigenvalue weighted by molar-refractivity contribution is -0.0654. The lowest BCUT2D eigenvalue weighted by atomic mass is 9.47. The Morgan fingerprint density at radius 1 is 1.12 bits per heavy atom. The van der Waals surface area contributed by atoms with Gasteiger partial charge in [0, 0.05) is 17.7 Å². The molecule has 8 atom stereocenters. The number of allylic oxidation sites excluding steroid dienone is 1. The molecule has 0 heterocycles. The summed E-state index contributed by atoms with van der Waals surface area (Å²) >= 11 is 0. The van der Waals surface area contributed by atoms with E-state index in [4.69, 9.17) is 0 Å². The first-order chi connectivity index (χ1) is 15.7. The number of aliphatic hydroxyl groups excluding tert-OH is 2. The maximum atomic E-state index is 12.7. The summed E-state index contributed by atoms with van der Waals surface area (Å²) in [7, 11) is 0. The fraction of sp³-hybridized carbons (Fsp3) is 0.621. The van der Waals surface area contributed by atoms with Gasteiger partial charge in [0.25, 0.3) is 5.91 Å². The SMILES string of the molecule is CC(O)[C@H]1/C(=C\NC(=O)c2ccccc2)C[C@H]2[C@@H]3CC=C4CC(O)CC[C@]4(C)[C@H]3CC[C@]12C. The Morgan fingerprint density at radius 3 is 2.61 bits per heavy atom. The number of carbonyl (C=O) groups excluding carboxylic acids is 1. The number of hydrogen-bond donors (Lipinski definition) is 3. The van der Waals surface area contributed by atoms with Gasteiger partial charge in [-0.3, -0.25) is 4.79 Å². The van der Waals surface area contributed by atoms with Crippen LogP contribution in [0.4, 0.5) is 0 Å². The first-order valence-corrected chi connectivity index (χ1v) is 12.8. The van der Waals surface area contributed by atoms with Crippen LogP contribution in [0.3, 0.4) is 0 Å². The van der Waals surface area contributed by atoms with E-state index in [0.717, 1.165) is 38.5 Å². The van der Waals surface area contributed by atoms with Crippen LogP contribution in [0, 0.1) is 34.5 Å². The summed E-state index contributed by atoms with van der Waals surface area (Å²) in [6.45, 7) is 6.75. The smallest absolute Gasteiger partial charge is 0.255 e. The summed E-state index contributed by atoms with van der Waals surface area (Å²) in [5, 5.41) is 24.2. The van der Waals surface area contributed by atoms with E-state index >= 15 is 0 Å². The Balaban J connectivity index is 1.43. The van der Waals surface area contributed by atoms with Crippen LogP contribution in [0.25, 0.3) is 0 Å². The predicted octanol–water partition coefficient (Wildman–Crippen LogP) is 5.23. The molecule has 2 unspecified atom stereocenters. The van der Waals surface area contributed by atoms with Gasteiger partial charge >= 0.3 is 0 Å². The summed E-state index contributed by atoms with van der Waals surface area (Å²) in [6, 6.07) is 9.32. The van der Waals surface area contributed by atoms with Crippen molar-refractivity contribution in [3.05, 3.63) is 59.3 Å². The van der Waals surface area contributed by atoms with Crippen molar-refractivity contribution >= 4 is 5.91 Å². The largest absolute Gasteiger partial charge is 0.393 e. The zero-order chi connectivity index (χ0) is 23.4. The maximum Gasteiger partial charge on any atom is 0.255 e. The molecule has 0 bridgehead atoms. The topological polar surface area (TPSA) is 69.6 Å². The van der Waals surface area contributed by atoms with Crippen LogP contribution >= 0.6 is 0 Å². The zero-order valence-electron chi connectivity index (χ0n) is 20.3. The van der Waals surface area contributed by atoms with Gasteiger partial charge in [-0.2, -0.15) is 0 Å². The van der Waals surface area contributed by atoms with Crippen LogP contribution in [-0.2, 0) is 0 Å². The third kappa shape index (κ3) is 3.70. The van der Waals surface area contributed by atoms with Gasteiger partial charge < -0.3 is 15.5 Å². The molecule has 0 radical (unpaired) electrons. The van der Waals surface area contributed by atoms with E-state index in [9.17, 15) is 15.0 Å². The van der Waals surface area contributed by atoms with Gasteiger partial charge in [-0.15, -0.1) is 0 Å². The van der Waals surface area contributed by atoms with Crippen LogP contribution in [0.15, 0.2) is 53.8 Å². The molecule has 1 aromatic carbocycles. The number of carbonyl (C=O) groups is 1. The molecule has 0 aromatic heterocycles. The van der Waals surface area contributed by atoms with E-state index in [1.165, 1.54) is 17.6 Å². The van der Waals surface area contributed by atoms with Crippen LogP contribution in [0.1, 0.15) is 76.1 Å². The highest BCUT2D eigenvalue weighted by Crippen LogP contribution is 2.67. The average Bonchev–Trinajstić information content (AvgIpc) is 3.11. The highest BCUT2D eigenvalue weighted by molar-refractivity contribution is 5.94. The highest BCUT2D eigenvalue weighted by atomic mass is 16.3. The van der Waals surface area contributed by atoms with E-state index in [2.05, 4.69) is 25.2 Å². The molecule has 4 nitrogen and oxygen atoms in total. The van der Waals surface area contributed by atoms with Gasteiger partial charge in [-0.1, -0.05) is 43.7 Å². The maximum absolute atomic E-state index is 12.7. The lowest BCUT2D eigenvalue weighted by Crippen LogP contribution is -2.51. The molecule has 3 N–H and O–H groups in total. The van der Waals surface area contributed by atoms with E-state index in [1.807, 2.05) is 43.5 Å². The Kier molecular flexibility index (Phi) is 5.81.